The molecule has 0 aromatic heterocycles. The summed E-state index contributed by atoms with van der Waals surface area (Å²) in [5, 5.41) is 11.5. The zero-order valence-electron chi connectivity index (χ0n) is 10.7. The Labute approximate surface area is 116 Å². The zero-order chi connectivity index (χ0) is 14.3. The third-order valence-electron chi connectivity index (χ3n) is 2.67. The van der Waals surface area contributed by atoms with Crippen LogP contribution in [0.2, 0.25) is 0 Å². The molecule has 0 aliphatic carbocycles. The van der Waals surface area contributed by atoms with Gasteiger partial charge in [-0.25, -0.2) is 4.79 Å². The maximum absolute atomic E-state index is 11.9. The number of carbonyl (C=O) groups excluding carboxylic acids is 1. The molecule has 0 saturated carbocycles. The number of carboxylic acids is 1. The fourth-order valence-electron chi connectivity index (χ4n) is 1.57. The fourth-order valence-corrected chi connectivity index (χ4v) is 2.04. The lowest BCUT2D eigenvalue weighted by Gasteiger charge is -2.17. The normalized spacial score (nSPS) is 13.6. The Morgan fingerprint density at radius 1 is 1.37 bits per heavy atom. The van der Waals surface area contributed by atoms with Crippen molar-refractivity contribution in [2.75, 3.05) is 12.0 Å². The number of aliphatic carboxylic acids is 1. The van der Waals surface area contributed by atoms with Crippen molar-refractivity contribution in [1.29, 1.82) is 0 Å². The Morgan fingerprint density at radius 3 is 2.53 bits per heavy atom. The standard InChI is InChI=1S/C13H18N2O3S/c1-19-8-7-10(13(17)18)15-12(16)11(14)9-5-3-2-4-6-9/h2-6,10-11H,7-8,14H2,1H3,(H,15,16)(H,17,18). The van der Waals surface area contributed by atoms with Gasteiger partial charge in [-0.05, 0) is 24.0 Å². The highest BCUT2D eigenvalue weighted by atomic mass is 32.2. The molecule has 0 fully saturated rings. The minimum atomic E-state index is -1.04. The van der Waals surface area contributed by atoms with Crippen LogP contribution in [0.3, 0.4) is 0 Å². The molecule has 104 valence electrons. The maximum Gasteiger partial charge on any atom is 0.326 e. The molecule has 1 aromatic rings. The van der Waals surface area contributed by atoms with Crippen molar-refractivity contribution in [3.63, 3.8) is 0 Å². The SMILES string of the molecule is CSCCC(NC(=O)C(N)c1ccccc1)C(=O)O. The van der Waals surface area contributed by atoms with Gasteiger partial charge >= 0.3 is 5.97 Å². The number of rotatable bonds is 7. The first kappa shape index (κ1) is 15.5. The molecule has 1 rings (SSSR count). The van der Waals surface area contributed by atoms with Crippen LogP contribution in [0.25, 0.3) is 0 Å². The van der Waals surface area contributed by atoms with Gasteiger partial charge in [-0.1, -0.05) is 30.3 Å². The van der Waals surface area contributed by atoms with Crippen LogP contribution >= 0.6 is 11.8 Å². The largest absolute Gasteiger partial charge is 0.480 e. The predicted molar refractivity (Wildman–Crippen MR) is 75.9 cm³/mol. The number of hydrogen-bond acceptors (Lipinski definition) is 4. The molecular weight excluding hydrogens is 264 g/mol. The van der Waals surface area contributed by atoms with E-state index >= 15 is 0 Å². The van der Waals surface area contributed by atoms with E-state index in [1.165, 1.54) is 11.8 Å². The van der Waals surface area contributed by atoms with E-state index in [0.29, 0.717) is 17.7 Å². The molecule has 6 heteroatoms. The van der Waals surface area contributed by atoms with Crippen molar-refractivity contribution >= 4 is 23.6 Å². The number of nitrogens with one attached hydrogen (secondary N) is 1. The number of hydrogen-bond donors (Lipinski definition) is 3. The number of carboxylic acid groups (broad SMARTS) is 1. The molecule has 0 spiro atoms. The Balaban J connectivity index is 2.64. The minimum absolute atomic E-state index is 0.379. The molecule has 0 aliphatic heterocycles. The predicted octanol–water partition coefficient (Wildman–Crippen LogP) is 1.01. The van der Waals surface area contributed by atoms with Gasteiger partial charge in [-0.2, -0.15) is 11.8 Å². The summed E-state index contributed by atoms with van der Waals surface area (Å²) < 4.78 is 0. The third kappa shape index (κ3) is 4.92. The summed E-state index contributed by atoms with van der Waals surface area (Å²) in [5.41, 5.74) is 6.47. The quantitative estimate of drug-likeness (QED) is 0.694. The summed E-state index contributed by atoms with van der Waals surface area (Å²) in [6.45, 7) is 0. The topological polar surface area (TPSA) is 92.4 Å². The molecule has 0 radical (unpaired) electrons. The highest BCUT2D eigenvalue weighted by Gasteiger charge is 2.23. The van der Waals surface area contributed by atoms with E-state index in [9.17, 15) is 9.59 Å². The van der Waals surface area contributed by atoms with E-state index in [-0.39, 0.29) is 0 Å². The van der Waals surface area contributed by atoms with E-state index in [1.54, 1.807) is 24.3 Å². The molecular formula is C13H18N2O3S. The molecule has 5 nitrogen and oxygen atoms in total. The van der Waals surface area contributed by atoms with Crippen LogP contribution in [0.15, 0.2) is 30.3 Å². The second-order valence-corrected chi connectivity index (χ2v) is 5.05. The van der Waals surface area contributed by atoms with Gasteiger partial charge in [-0.15, -0.1) is 0 Å². The van der Waals surface area contributed by atoms with E-state index in [4.69, 9.17) is 10.8 Å². The van der Waals surface area contributed by atoms with E-state index < -0.39 is 24.0 Å². The lowest BCUT2D eigenvalue weighted by molar-refractivity contribution is -0.142. The summed E-state index contributed by atoms with van der Waals surface area (Å²) in [6.07, 6.45) is 2.26. The molecule has 0 heterocycles. The average molecular weight is 282 g/mol. The van der Waals surface area contributed by atoms with E-state index in [0.717, 1.165) is 0 Å². The first-order valence-corrected chi connectivity index (χ1v) is 7.28. The van der Waals surface area contributed by atoms with Gasteiger partial charge in [0, 0.05) is 0 Å². The Kier molecular flexibility index (Phi) is 6.38. The molecule has 19 heavy (non-hydrogen) atoms. The van der Waals surface area contributed by atoms with Gasteiger partial charge in [0.05, 0.1) is 0 Å². The van der Waals surface area contributed by atoms with Crippen molar-refractivity contribution < 1.29 is 14.7 Å². The van der Waals surface area contributed by atoms with Gasteiger partial charge in [0.15, 0.2) is 0 Å². The Bertz CT molecular complexity index is 425. The van der Waals surface area contributed by atoms with E-state index in [1.807, 2.05) is 12.3 Å². The molecule has 1 amide bonds. The van der Waals surface area contributed by atoms with Crippen molar-refractivity contribution in [2.45, 2.75) is 18.5 Å². The molecule has 1 aromatic carbocycles. The van der Waals surface area contributed by atoms with Crippen molar-refractivity contribution in [2.24, 2.45) is 5.73 Å². The first-order valence-electron chi connectivity index (χ1n) is 5.89. The molecule has 2 unspecified atom stereocenters. The lowest BCUT2D eigenvalue weighted by Crippen LogP contribution is -2.45. The van der Waals surface area contributed by atoms with Crippen LogP contribution in [0, 0.1) is 0 Å². The maximum atomic E-state index is 11.9. The second kappa shape index (κ2) is 7.81. The summed E-state index contributed by atoms with van der Waals surface area (Å²) in [6, 6.07) is 7.12. The van der Waals surface area contributed by atoms with Crippen molar-refractivity contribution in [3.8, 4) is 0 Å². The van der Waals surface area contributed by atoms with E-state index in [2.05, 4.69) is 5.32 Å². The summed E-state index contributed by atoms with van der Waals surface area (Å²) in [5.74, 6) is -0.847. The third-order valence-corrected chi connectivity index (χ3v) is 3.31. The average Bonchev–Trinajstić information content (AvgIpc) is 2.43. The van der Waals surface area contributed by atoms with Gasteiger partial charge in [0.25, 0.3) is 0 Å². The number of nitrogens with two attached hydrogens (primary N) is 1. The Morgan fingerprint density at radius 2 is 2.00 bits per heavy atom. The molecule has 0 saturated heterocycles. The highest BCUT2D eigenvalue weighted by molar-refractivity contribution is 7.98. The molecule has 0 aliphatic rings. The summed E-state index contributed by atoms with van der Waals surface area (Å²) >= 11 is 1.53. The highest BCUT2D eigenvalue weighted by Crippen LogP contribution is 2.10. The van der Waals surface area contributed by atoms with Gasteiger partial charge in [0.1, 0.15) is 12.1 Å². The number of thioether (sulfide) groups is 1. The van der Waals surface area contributed by atoms with Crippen LogP contribution in [0.5, 0.6) is 0 Å². The number of benzene rings is 1. The lowest BCUT2D eigenvalue weighted by atomic mass is 10.1. The van der Waals surface area contributed by atoms with Gasteiger partial charge in [-0.3, -0.25) is 4.79 Å². The molecule has 4 N–H and O–H groups in total. The molecule has 2 atom stereocenters. The monoisotopic (exact) mass is 282 g/mol. The summed E-state index contributed by atoms with van der Waals surface area (Å²) in [7, 11) is 0. The van der Waals surface area contributed by atoms with Crippen LogP contribution in [-0.4, -0.2) is 35.0 Å². The van der Waals surface area contributed by atoms with Crippen LogP contribution < -0.4 is 11.1 Å². The summed E-state index contributed by atoms with van der Waals surface area (Å²) in [4.78, 5) is 23.0. The van der Waals surface area contributed by atoms with Crippen molar-refractivity contribution in [1.82, 2.24) is 5.32 Å². The van der Waals surface area contributed by atoms with Gasteiger partial charge in [0.2, 0.25) is 5.91 Å². The zero-order valence-corrected chi connectivity index (χ0v) is 11.5. The smallest absolute Gasteiger partial charge is 0.326 e. The number of carbonyl (C=O) groups is 2. The fraction of sp³-hybridized carbons (Fsp3) is 0.385. The minimum Gasteiger partial charge on any atom is -0.480 e. The van der Waals surface area contributed by atoms with Crippen LogP contribution in [0.1, 0.15) is 18.0 Å². The second-order valence-electron chi connectivity index (χ2n) is 4.07. The van der Waals surface area contributed by atoms with Gasteiger partial charge < -0.3 is 16.2 Å². The Hall–Kier alpha value is -1.53. The van der Waals surface area contributed by atoms with Crippen LogP contribution in [-0.2, 0) is 9.59 Å². The van der Waals surface area contributed by atoms with Crippen molar-refractivity contribution in [3.05, 3.63) is 35.9 Å². The molecule has 0 bridgehead atoms. The number of amides is 1. The van der Waals surface area contributed by atoms with Crippen LogP contribution in [0.4, 0.5) is 0 Å². The first-order chi connectivity index (χ1) is 9.06.